The summed E-state index contributed by atoms with van der Waals surface area (Å²) in [6.07, 6.45) is 0.623. The average Bonchev–Trinajstić information content (AvgIpc) is 2.42. The third-order valence-electron chi connectivity index (χ3n) is 3.40. The van der Waals surface area contributed by atoms with Gasteiger partial charge in [-0.3, -0.25) is 0 Å². The first-order chi connectivity index (χ1) is 10.2. The highest BCUT2D eigenvalue weighted by Gasteiger charge is 2.22. The molecule has 0 radical (unpaired) electrons. The fourth-order valence-corrected chi connectivity index (χ4v) is 2.20. The Morgan fingerprint density at radius 2 is 1.86 bits per heavy atom. The van der Waals surface area contributed by atoms with Gasteiger partial charge in [-0.15, -0.1) is 0 Å². The van der Waals surface area contributed by atoms with E-state index in [2.05, 4.69) is 40.4 Å². The quantitative estimate of drug-likeness (QED) is 0.755. The molecule has 2 atom stereocenters. The summed E-state index contributed by atoms with van der Waals surface area (Å²) in [5.74, 6) is 0.357. The number of halogens is 1. The molecular weight excluding hydrogens is 344 g/mol. The van der Waals surface area contributed by atoms with E-state index < -0.39 is 5.60 Å². The number of anilines is 1. The molecule has 0 unspecified atom stereocenters. The van der Waals surface area contributed by atoms with Crippen molar-refractivity contribution in [2.45, 2.75) is 52.7 Å². The third kappa shape index (κ3) is 7.16. The van der Waals surface area contributed by atoms with E-state index in [0.29, 0.717) is 12.5 Å². The lowest BCUT2D eigenvalue weighted by molar-refractivity contribution is 0.0491. The van der Waals surface area contributed by atoms with Gasteiger partial charge >= 0.3 is 6.09 Å². The van der Waals surface area contributed by atoms with Gasteiger partial charge in [0.05, 0.1) is 6.04 Å². The summed E-state index contributed by atoms with van der Waals surface area (Å²) in [7, 11) is 0. The lowest BCUT2D eigenvalue weighted by Gasteiger charge is -2.27. The van der Waals surface area contributed by atoms with Gasteiger partial charge in [0.15, 0.2) is 0 Å². The van der Waals surface area contributed by atoms with Crippen LogP contribution < -0.4 is 10.6 Å². The molecule has 1 rings (SSSR count). The topological polar surface area (TPSA) is 50.4 Å². The Hall–Kier alpha value is -1.23. The zero-order valence-electron chi connectivity index (χ0n) is 14.1. The highest BCUT2D eigenvalue weighted by atomic mass is 79.9. The minimum Gasteiger partial charge on any atom is -0.444 e. The molecule has 1 amide bonds. The Bertz CT molecular complexity index is 469. The molecule has 4 nitrogen and oxygen atoms in total. The molecule has 0 saturated heterocycles. The molecule has 124 valence electrons. The van der Waals surface area contributed by atoms with Gasteiger partial charge in [-0.1, -0.05) is 36.2 Å². The van der Waals surface area contributed by atoms with Gasteiger partial charge in [0.2, 0.25) is 0 Å². The van der Waals surface area contributed by atoms with Crippen LogP contribution in [0.4, 0.5) is 10.5 Å². The van der Waals surface area contributed by atoms with Crippen LogP contribution >= 0.6 is 15.9 Å². The van der Waals surface area contributed by atoms with Crippen LogP contribution in [0.25, 0.3) is 0 Å². The first-order valence-electron chi connectivity index (χ1n) is 7.70. The number of carbonyl (C=O) groups excluding carboxylic acids is 1. The molecule has 0 bridgehead atoms. The number of nitrogens with one attached hydrogen (secondary N) is 2. The fraction of sp³-hybridized carbons (Fsp3) is 0.588. The van der Waals surface area contributed by atoms with Gasteiger partial charge in [-0.2, -0.15) is 0 Å². The van der Waals surface area contributed by atoms with Crippen molar-refractivity contribution in [1.82, 2.24) is 5.32 Å². The fourth-order valence-electron chi connectivity index (χ4n) is 1.93. The van der Waals surface area contributed by atoms with Crippen molar-refractivity contribution in [3.8, 4) is 0 Å². The maximum absolute atomic E-state index is 12.0. The van der Waals surface area contributed by atoms with E-state index in [0.717, 1.165) is 16.6 Å². The maximum Gasteiger partial charge on any atom is 0.407 e. The SMILES string of the molecule is CC[C@H](C)[C@@H](CNc1ccc(Br)cc1)NC(=O)OC(C)(C)C. The van der Waals surface area contributed by atoms with Gasteiger partial charge < -0.3 is 15.4 Å². The number of hydrogen-bond donors (Lipinski definition) is 2. The van der Waals surface area contributed by atoms with Crippen LogP contribution in [0, 0.1) is 5.92 Å². The molecule has 0 saturated carbocycles. The van der Waals surface area contributed by atoms with Crippen molar-refractivity contribution in [3.63, 3.8) is 0 Å². The second-order valence-corrected chi connectivity index (χ2v) is 7.44. The summed E-state index contributed by atoms with van der Waals surface area (Å²) in [4.78, 5) is 12.0. The summed E-state index contributed by atoms with van der Waals surface area (Å²) in [6, 6.07) is 8.00. The van der Waals surface area contributed by atoms with Crippen molar-refractivity contribution >= 4 is 27.7 Å². The van der Waals surface area contributed by atoms with Crippen LogP contribution in [-0.4, -0.2) is 24.3 Å². The standard InChI is InChI=1S/C17H27BrN2O2/c1-6-12(2)15(20-16(21)22-17(3,4)5)11-19-14-9-7-13(18)8-10-14/h7-10,12,15,19H,6,11H2,1-5H3,(H,20,21)/t12-,15+/m0/s1. The van der Waals surface area contributed by atoms with E-state index in [-0.39, 0.29) is 12.1 Å². The van der Waals surface area contributed by atoms with E-state index in [9.17, 15) is 4.79 Å². The number of ether oxygens (including phenoxy) is 1. The van der Waals surface area contributed by atoms with Gasteiger partial charge in [0, 0.05) is 16.7 Å². The summed E-state index contributed by atoms with van der Waals surface area (Å²) < 4.78 is 6.39. The second-order valence-electron chi connectivity index (χ2n) is 6.53. The molecule has 0 aliphatic rings. The summed E-state index contributed by atoms with van der Waals surface area (Å²) in [5.41, 5.74) is 0.547. The van der Waals surface area contributed by atoms with Gasteiger partial charge in [0.1, 0.15) is 5.60 Å². The largest absolute Gasteiger partial charge is 0.444 e. The molecule has 0 fully saturated rings. The number of carbonyl (C=O) groups is 1. The molecule has 0 heterocycles. The van der Waals surface area contributed by atoms with E-state index in [1.165, 1.54) is 0 Å². The van der Waals surface area contributed by atoms with Gasteiger partial charge in [-0.25, -0.2) is 4.79 Å². The molecule has 0 spiro atoms. The number of hydrogen-bond acceptors (Lipinski definition) is 3. The monoisotopic (exact) mass is 370 g/mol. The Morgan fingerprint density at radius 1 is 1.27 bits per heavy atom. The predicted molar refractivity (Wildman–Crippen MR) is 95.2 cm³/mol. The number of alkyl carbamates (subject to hydrolysis) is 1. The van der Waals surface area contributed by atoms with Crippen molar-refractivity contribution in [3.05, 3.63) is 28.7 Å². The summed E-state index contributed by atoms with van der Waals surface area (Å²) in [5, 5.41) is 6.34. The van der Waals surface area contributed by atoms with Crippen molar-refractivity contribution < 1.29 is 9.53 Å². The van der Waals surface area contributed by atoms with Gasteiger partial charge in [0.25, 0.3) is 0 Å². The molecule has 1 aromatic rings. The van der Waals surface area contributed by atoms with E-state index >= 15 is 0 Å². The van der Waals surface area contributed by atoms with E-state index in [1.54, 1.807) is 0 Å². The minimum atomic E-state index is -0.483. The maximum atomic E-state index is 12.0. The Kier molecular flexibility index (Phi) is 7.20. The smallest absolute Gasteiger partial charge is 0.407 e. The summed E-state index contributed by atoms with van der Waals surface area (Å²) >= 11 is 3.42. The predicted octanol–water partition coefficient (Wildman–Crippen LogP) is 4.80. The molecule has 0 aliphatic heterocycles. The molecule has 22 heavy (non-hydrogen) atoms. The first-order valence-corrected chi connectivity index (χ1v) is 8.49. The molecule has 0 aromatic heterocycles. The Morgan fingerprint density at radius 3 is 2.36 bits per heavy atom. The van der Waals surface area contributed by atoms with E-state index in [1.807, 2.05) is 45.0 Å². The Balaban J connectivity index is 2.60. The first kappa shape index (κ1) is 18.8. The average molecular weight is 371 g/mol. The molecule has 5 heteroatoms. The van der Waals surface area contributed by atoms with E-state index in [4.69, 9.17) is 4.74 Å². The number of rotatable bonds is 6. The van der Waals surface area contributed by atoms with Crippen LogP contribution in [0.2, 0.25) is 0 Å². The second kappa shape index (κ2) is 8.42. The zero-order chi connectivity index (χ0) is 16.8. The van der Waals surface area contributed by atoms with Crippen LogP contribution in [-0.2, 0) is 4.74 Å². The lowest BCUT2D eigenvalue weighted by Crippen LogP contribution is -2.45. The van der Waals surface area contributed by atoms with Crippen molar-refractivity contribution in [2.75, 3.05) is 11.9 Å². The number of benzene rings is 1. The third-order valence-corrected chi connectivity index (χ3v) is 3.93. The van der Waals surface area contributed by atoms with Crippen molar-refractivity contribution in [2.24, 2.45) is 5.92 Å². The van der Waals surface area contributed by atoms with Crippen LogP contribution in [0.3, 0.4) is 0 Å². The molecular formula is C17H27BrN2O2. The molecule has 2 N–H and O–H groups in total. The Labute approximate surface area is 142 Å². The van der Waals surface area contributed by atoms with Gasteiger partial charge in [-0.05, 0) is 51.0 Å². The normalized spacial score (nSPS) is 14.1. The van der Waals surface area contributed by atoms with Crippen LogP contribution in [0.5, 0.6) is 0 Å². The molecule has 0 aliphatic carbocycles. The lowest BCUT2D eigenvalue weighted by atomic mass is 9.99. The summed E-state index contributed by atoms with van der Waals surface area (Å²) in [6.45, 7) is 10.5. The minimum absolute atomic E-state index is 0.0171. The van der Waals surface area contributed by atoms with Crippen LogP contribution in [0.1, 0.15) is 41.0 Å². The van der Waals surface area contributed by atoms with Crippen molar-refractivity contribution in [1.29, 1.82) is 0 Å². The zero-order valence-corrected chi connectivity index (χ0v) is 15.7. The van der Waals surface area contributed by atoms with Crippen LogP contribution in [0.15, 0.2) is 28.7 Å². The number of amides is 1. The highest BCUT2D eigenvalue weighted by molar-refractivity contribution is 9.10. The molecule has 1 aromatic carbocycles. The highest BCUT2D eigenvalue weighted by Crippen LogP contribution is 2.16.